The molecule has 1 aromatic rings. The van der Waals surface area contributed by atoms with Gasteiger partial charge in [0, 0.05) is 13.3 Å². The van der Waals surface area contributed by atoms with Gasteiger partial charge >= 0.3 is 13.5 Å². The van der Waals surface area contributed by atoms with Crippen LogP contribution in [0, 0.1) is 0 Å². The average molecular weight is 333 g/mol. The van der Waals surface area contributed by atoms with Crippen LogP contribution in [0.15, 0.2) is 17.1 Å². The van der Waals surface area contributed by atoms with E-state index in [1.54, 1.807) is 0 Å². The molecule has 22 heavy (non-hydrogen) atoms. The molecule has 5 atom stereocenters. The van der Waals surface area contributed by atoms with Crippen LogP contribution in [0.3, 0.4) is 0 Å². The molecular weight excluding hydrogens is 317 g/mol. The molecule has 2 fully saturated rings. The summed E-state index contributed by atoms with van der Waals surface area (Å²) >= 11 is 0. The number of anilines is 1. The second-order valence-corrected chi connectivity index (χ2v) is 6.98. The van der Waals surface area contributed by atoms with Crippen molar-refractivity contribution >= 4 is 13.6 Å². The summed E-state index contributed by atoms with van der Waals surface area (Å²) in [6.07, 6.45) is -1.42. The summed E-state index contributed by atoms with van der Waals surface area (Å²) in [4.78, 5) is 15.5. The van der Waals surface area contributed by atoms with E-state index in [1.807, 2.05) is 0 Å². The number of nitrogens with two attached hydrogens (primary N) is 1. The molecule has 0 spiro atoms. The van der Waals surface area contributed by atoms with E-state index in [4.69, 9.17) is 24.0 Å². The van der Waals surface area contributed by atoms with Gasteiger partial charge in [0.05, 0.1) is 6.61 Å². The van der Waals surface area contributed by atoms with Gasteiger partial charge in [-0.2, -0.15) is 4.98 Å². The number of phosphoric ester groups is 1. The summed E-state index contributed by atoms with van der Waals surface area (Å²) in [5.41, 5.74) is 3.11. The number of ether oxygens (including phenoxy) is 1. The zero-order chi connectivity index (χ0) is 16.1. The van der Waals surface area contributed by atoms with Crippen molar-refractivity contribution < 1.29 is 28.0 Å². The highest BCUT2D eigenvalue weighted by Gasteiger charge is 2.60. The normalized spacial score (nSPS) is 41.3. The quantitative estimate of drug-likeness (QED) is 0.696. The third-order valence-electron chi connectivity index (χ3n) is 3.68. The van der Waals surface area contributed by atoms with Gasteiger partial charge in [0.15, 0.2) is 6.23 Å². The second-order valence-electron chi connectivity index (χ2n) is 5.25. The van der Waals surface area contributed by atoms with Gasteiger partial charge in [-0.25, -0.2) is 9.36 Å². The van der Waals surface area contributed by atoms with E-state index in [2.05, 4.69) is 4.98 Å². The van der Waals surface area contributed by atoms with E-state index in [0.29, 0.717) is 0 Å². The van der Waals surface area contributed by atoms with Crippen molar-refractivity contribution in [2.45, 2.75) is 31.0 Å². The Labute approximate surface area is 125 Å². The van der Waals surface area contributed by atoms with Crippen LogP contribution in [0.1, 0.15) is 13.2 Å². The summed E-state index contributed by atoms with van der Waals surface area (Å²) in [7, 11) is -2.57. The molecule has 0 saturated carbocycles. The fraction of sp³-hybridized carbons (Fsp3) is 0.636. The number of nitrogens with zero attached hydrogens (tertiary/aromatic N) is 2. The topological polar surface area (TPSA) is 135 Å². The van der Waals surface area contributed by atoms with Crippen molar-refractivity contribution in [3.05, 3.63) is 22.7 Å². The van der Waals surface area contributed by atoms with Crippen LogP contribution in [0.2, 0.25) is 0 Å². The van der Waals surface area contributed by atoms with Gasteiger partial charge in [-0.1, -0.05) is 0 Å². The molecule has 2 aliphatic rings. The molecule has 0 aliphatic carbocycles. The van der Waals surface area contributed by atoms with Crippen LogP contribution >= 0.6 is 7.82 Å². The zero-order valence-corrected chi connectivity index (χ0v) is 12.8. The lowest BCUT2D eigenvalue weighted by Gasteiger charge is -2.34. The Kier molecular flexibility index (Phi) is 3.63. The van der Waals surface area contributed by atoms with Gasteiger partial charge in [0.1, 0.15) is 23.6 Å². The largest absolute Gasteiger partial charge is 0.475 e. The van der Waals surface area contributed by atoms with Crippen LogP contribution in [-0.2, 0) is 22.9 Å². The van der Waals surface area contributed by atoms with E-state index >= 15 is 0 Å². The first-order chi connectivity index (χ1) is 10.3. The minimum atomic E-state index is -3.75. The maximum absolute atomic E-state index is 12.1. The number of nitrogen functional groups attached to an aromatic ring is 1. The number of hydrogen-bond acceptors (Lipinski definition) is 9. The van der Waals surface area contributed by atoms with Gasteiger partial charge < -0.3 is 15.6 Å². The second kappa shape index (κ2) is 5.12. The van der Waals surface area contributed by atoms with Crippen molar-refractivity contribution in [1.82, 2.24) is 9.55 Å². The van der Waals surface area contributed by atoms with E-state index in [0.717, 1.165) is 4.57 Å². The minimum absolute atomic E-state index is 0.0553. The molecule has 1 unspecified atom stereocenters. The van der Waals surface area contributed by atoms with Crippen molar-refractivity contribution in [3.8, 4) is 0 Å². The van der Waals surface area contributed by atoms with Crippen LogP contribution in [0.5, 0.6) is 0 Å². The first kappa shape index (κ1) is 15.6. The average Bonchev–Trinajstić information content (AvgIpc) is 2.71. The van der Waals surface area contributed by atoms with Crippen molar-refractivity contribution in [2.24, 2.45) is 0 Å². The Balaban J connectivity index is 1.96. The number of rotatable bonds is 2. The standard InChI is InChI=1S/C11H16N3O7P/c1-11(16)8-6(5-19-22(17,18-2)21-8)20-9(11)14-4-3-7(12)13-10(14)15/h3-4,6,8-9,16H,5H2,1-2H3,(H2,12,13,15)/t6-,8-,9-,11-,22?/m1/s1. The van der Waals surface area contributed by atoms with Crippen molar-refractivity contribution in [2.75, 3.05) is 19.5 Å². The molecule has 122 valence electrons. The molecule has 0 aromatic carbocycles. The summed E-state index contributed by atoms with van der Waals surface area (Å²) in [6, 6.07) is 1.40. The first-order valence-corrected chi connectivity index (χ1v) is 7.94. The molecule has 0 bridgehead atoms. The third-order valence-corrected chi connectivity index (χ3v) is 5.08. The van der Waals surface area contributed by atoms with Gasteiger partial charge in [0.25, 0.3) is 0 Å². The third kappa shape index (κ3) is 2.37. The number of hydrogen-bond donors (Lipinski definition) is 2. The summed E-state index contributed by atoms with van der Waals surface area (Å²) in [5.74, 6) is 0.0553. The van der Waals surface area contributed by atoms with Crippen LogP contribution < -0.4 is 11.4 Å². The lowest BCUT2D eigenvalue weighted by molar-refractivity contribution is -0.0937. The van der Waals surface area contributed by atoms with Crippen LogP contribution in [0.25, 0.3) is 0 Å². The number of phosphoric acid groups is 1. The predicted octanol–water partition coefficient (Wildman–Crippen LogP) is -0.356. The van der Waals surface area contributed by atoms with Gasteiger partial charge in [-0.05, 0) is 13.0 Å². The summed E-state index contributed by atoms with van der Waals surface area (Å²) in [5, 5.41) is 10.7. The molecule has 0 radical (unpaired) electrons. The molecule has 11 heteroatoms. The van der Waals surface area contributed by atoms with Crippen molar-refractivity contribution in [1.29, 1.82) is 0 Å². The SMILES string of the molecule is COP1(=O)OC[C@H]2O[C@@H](n3ccc(N)nc3=O)[C@](C)(O)[C@@H]2O1. The van der Waals surface area contributed by atoms with Crippen molar-refractivity contribution in [3.63, 3.8) is 0 Å². The number of aromatic nitrogens is 2. The molecular formula is C11H16N3O7P. The molecule has 2 aliphatic heterocycles. The van der Waals surface area contributed by atoms with E-state index < -0.39 is 37.5 Å². The van der Waals surface area contributed by atoms with Gasteiger partial charge in [0.2, 0.25) is 0 Å². The molecule has 3 heterocycles. The lowest BCUT2D eigenvalue weighted by atomic mass is 9.96. The fourth-order valence-corrected chi connectivity index (χ4v) is 3.78. The van der Waals surface area contributed by atoms with Gasteiger partial charge in [-0.3, -0.25) is 18.1 Å². The van der Waals surface area contributed by atoms with E-state index in [1.165, 1.54) is 26.3 Å². The molecule has 3 N–H and O–H groups in total. The highest BCUT2D eigenvalue weighted by Crippen LogP contribution is 2.57. The number of aliphatic hydroxyl groups is 1. The predicted molar refractivity (Wildman–Crippen MR) is 72.9 cm³/mol. The summed E-state index contributed by atoms with van der Waals surface area (Å²) < 4.78 is 33.7. The maximum Gasteiger partial charge on any atom is 0.475 e. The maximum atomic E-state index is 12.1. The first-order valence-electron chi connectivity index (χ1n) is 6.48. The Morgan fingerprint density at radius 1 is 1.64 bits per heavy atom. The molecule has 0 amide bonds. The monoisotopic (exact) mass is 333 g/mol. The molecule has 3 rings (SSSR count). The lowest BCUT2D eigenvalue weighted by Crippen LogP contribution is -2.48. The minimum Gasteiger partial charge on any atom is -0.383 e. The summed E-state index contributed by atoms with van der Waals surface area (Å²) in [6.45, 7) is 1.32. The Bertz CT molecular complexity index is 691. The zero-order valence-electron chi connectivity index (χ0n) is 11.9. The Morgan fingerprint density at radius 2 is 2.36 bits per heavy atom. The molecule has 1 aromatic heterocycles. The van der Waals surface area contributed by atoms with Gasteiger partial charge in [-0.15, -0.1) is 0 Å². The Morgan fingerprint density at radius 3 is 3.00 bits per heavy atom. The fourth-order valence-electron chi connectivity index (χ4n) is 2.57. The highest BCUT2D eigenvalue weighted by molar-refractivity contribution is 7.48. The van der Waals surface area contributed by atoms with E-state index in [9.17, 15) is 14.5 Å². The Hall–Kier alpha value is -1.29. The smallest absolute Gasteiger partial charge is 0.383 e. The molecule has 2 saturated heterocycles. The number of fused-ring (bicyclic) bond motifs is 1. The molecule has 10 nitrogen and oxygen atoms in total. The van der Waals surface area contributed by atoms with E-state index in [-0.39, 0.29) is 12.4 Å². The van der Waals surface area contributed by atoms with Crippen LogP contribution in [0.4, 0.5) is 5.82 Å². The highest BCUT2D eigenvalue weighted by atomic mass is 31.2. The van der Waals surface area contributed by atoms with Crippen LogP contribution in [-0.4, -0.2) is 46.2 Å².